The minimum absolute atomic E-state index is 0.00637. The Morgan fingerprint density at radius 3 is 2.95 bits per heavy atom. The van der Waals surface area contributed by atoms with Gasteiger partial charge in [-0.1, -0.05) is 0 Å². The van der Waals surface area contributed by atoms with Crippen LogP contribution < -0.4 is 0 Å². The summed E-state index contributed by atoms with van der Waals surface area (Å²) >= 11 is 0. The van der Waals surface area contributed by atoms with Gasteiger partial charge in [-0.2, -0.15) is 5.10 Å². The lowest BCUT2D eigenvalue weighted by atomic mass is 9.93. The fraction of sp³-hybridized carbons (Fsp3) is 0.615. The van der Waals surface area contributed by atoms with E-state index in [1.165, 1.54) is 0 Å². The molecule has 1 N–H and O–H groups in total. The van der Waals surface area contributed by atoms with Gasteiger partial charge in [0.2, 0.25) is 0 Å². The van der Waals surface area contributed by atoms with Gasteiger partial charge in [-0.3, -0.25) is 14.3 Å². The van der Waals surface area contributed by atoms with Gasteiger partial charge in [0.25, 0.3) is 5.91 Å². The Labute approximate surface area is 112 Å². The van der Waals surface area contributed by atoms with Gasteiger partial charge in [0.15, 0.2) is 0 Å². The molecular formula is C13H19N3O3. The second kappa shape index (κ2) is 5.86. The average Bonchev–Trinajstić information content (AvgIpc) is 2.82. The van der Waals surface area contributed by atoms with Crippen LogP contribution >= 0.6 is 0 Å². The summed E-state index contributed by atoms with van der Waals surface area (Å²) in [5.41, 5.74) is 0.599. The first kappa shape index (κ1) is 13.6. The standard InChI is InChI=1S/C13H19N3O3/c1-15-9-11(7-14-15)13(19)16-6-2-3-10(8-16)4-5-12(17)18/h7,9-10H,2-6,8H2,1H3,(H,17,18)/t10-/m0/s1. The Balaban J connectivity index is 1.93. The maximum absolute atomic E-state index is 12.3. The third-order valence-electron chi connectivity index (χ3n) is 3.52. The highest BCUT2D eigenvalue weighted by Crippen LogP contribution is 2.22. The molecule has 1 saturated heterocycles. The van der Waals surface area contributed by atoms with Crippen molar-refractivity contribution in [2.24, 2.45) is 13.0 Å². The second-order valence-electron chi connectivity index (χ2n) is 5.09. The van der Waals surface area contributed by atoms with Crippen LogP contribution in [0.25, 0.3) is 0 Å². The van der Waals surface area contributed by atoms with Gasteiger partial charge < -0.3 is 10.0 Å². The number of carbonyl (C=O) groups excluding carboxylic acids is 1. The van der Waals surface area contributed by atoms with Gasteiger partial charge in [0.05, 0.1) is 11.8 Å². The number of carbonyl (C=O) groups is 2. The molecule has 0 saturated carbocycles. The van der Waals surface area contributed by atoms with Crippen LogP contribution in [-0.4, -0.2) is 44.8 Å². The summed E-state index contributed by atoms with van der Waals surface area (Å²) in [6, 6.07) is 0. The summed E-state index contributed by atoms with van der Waals surface area (Å²) in [5.74, 6) is -0.477. The normalized spacial score (nSPS) is 19.4. The molecule has 0 aromatic carbocycles. The quantitative estimate of drug-likeness (QED) is 0.885. The Morgan fingerprint density at radius 2 is 2.32 bits per heavy atom. The number of aromatic nitrogens is 2. The van der Waals surface area contributed by atoms with E-state index in [4.69, 9.17) is 5.11 Å². The molecule has 1 aromatic heterocycles. The minimum Gasteiger partial charge on any atom is -0.481 e. The molecule has 1 fully saturated rings. The van der Waals surface area contributed by atoms with Crippen LogP contribution in [0.5, 0.6) is 0 Å². The zero-order valence-electron chi connectivity index (χ0n) is 11.1. The molecule has 6 heteroatoms. The van der Waals surface area contributed by atoms with Crippen molar-refractivity contribution in [2.75, 3.05) is 13.1 Å². The fourth-order valence-corrected chi connectivity index (χ4v) is 2.53. The smallest absolute Gasteiger partial charge is 0.303 e. The van der Waals surface area contributed by atoms with Gasteiger partial charge in [0, 0.05) is 32.8 Å². The van der Waals surface area contributed by atoms with E-state index in [0.29, 0.717) is 24.4 Å². The van der Waals surface area contributed by atoms with Crippen LogP contribution in [0.2, 0.25) is 0 Å². The van der Waals surface area contributed by atoms with E-state index in [0.717, 1.165) is 19.4 Å². The molecule has 1 aromatic rings. The number of amides is 1. The van der Waals surface area contributed by atoms with E-state index in [9.17, 15) is 9.59 Å². The highest BCUT2D eigenvalue weighted by atomic mass is 16.4. The summed E-state index contributed by atoms with van der Waals surface area (Å²) in [6.07, 6.45) is 6.05. The summed E-state index contributed by atoms with van der Waals surface area (Å²) in [6.45, 7) is 1.40. The van der Waals surface area contributed by atoms with Crippen molar-refractivity contribution in [3.05, 3.63) is 18.0 Å². The van der Waals surface area contributed by atoms with Gasteiger partial charge in [-0.05, 0) is 25.2 Å². The van der Waals surface area contributed by atoms with Crippen LogP contribution in [0.1, 0.15) is 36.0 Å². The summed E-state index contributed by atoms with van der Waals surface area (Å²) < 4.78 is 1.61. The Hall–Kier alpha value is -1.85. The number of likely N-dealkylation sites (tertiary alicyclic amines) is 1. The largest absolute Gasteiger partial charge is 0.481 e. The molecule has 2 heterocycles. The molecule has 1 aliphatic rings. The number of aryl methyl sites for hydroxylation is 1. The van der Waals surface area contributed by atoms with Gasteiger partial charge in [-0.15, -0.1) is 0 Å². The molecule has 0 radical (unpaired) electrons. The SMILES string of the molecule is Cn1cc(C(=O)N2CCC[C@@H](CCC(=O)O)C2)cn1. The van der Waals surface area contributed by atoms with Crippen molar-refractivity contribution in [3.8, 4) is 0 Å². The molecule has 19 heavy (non-hydrogen) atoms. The third-order valence-corrected chi connectivity index (χ3v) is 3.52. The van der Waals surface area contributed by atoms with Gasteiger partial charge in [-0.25, -0.2) is 0 Å². The Kier molecular flexibility index (Phi) is 4.19. The number of aliphatic carboxylic acids is 1. The minimum atomic E-state index is -0.768. The first-order valence-electron chi connectivity index (χ1n) is 6.56. The number of piperidine rings is 1. The molecule has 1 atom stereocenters. The molecule has 0 aliphatic carbocycles. The van der Waals surface area contributed by atoms with E-state index in [1.54, 1.807) is 24.1 Å². The Bertz CT molecular complexity index is 469. The molecular weight excluding hydrogens is 246 g/mol. The van der Waals surface area contributed by atoms with E-state index in [2.05, 4.69) is 5.10 Å². The summed E-state index contributed by atoms with van der Waals surface area (Å²) in [4.78, 5) is 24.7. The Morgan fingerprint density at radius 1 is 1.53 bits per heavy atom. The molecule has 1 amide bonds. The summed E-state index contributed by atoms with van der Waals surface area (Å²) in [5, 5.41) is 12.7. The highest BCUT2D eigenvalue weighted by Gasteiger charge is 2.25. The van der Waals surface area contributed by atoms with Crippen molar-refractivity contribution in [3.63, 3.8) is 0 Å². The summed E-state index contributed by atoms with van der Waals surface area (Å²) in [7, 11) is 1.78. The average molecular weight is 265 g/mol. The predicted molar refractivity (Wildman–Crippen MR) is 68.7 cm³/mol. The van der Waals surface area contributed by atoms with Gasteiger partial charge >= 0.3 is 5.97 Å². The molecule has 0 spiro atoms. The van der Waals surface area contributed by atoms with E-state index in [1.807, 2.05) is 4.90 Å². The van der Waals surface area contributed by atoms with Crippen molar-refractivity contribution < 1.29 is 14.7 Å². The molecule has 1 aliphatic heterocycles. The van der Waals surface area contributed by atoms with Gasteiger partial charge in [0.1, 0.15) is 0 Å². The lowest BCUT2D eigenvalue weighted by molar-refractivity contribution is -0.137. The van der Waals surface area contributed by atoms with Crippen LogP contribution in [-0.2, 0) is 11.8 Å². The lowest BCUT2D eigenvalue weighted by Crippen LogP contribution is -2.39. The maximum Gasteiger partial charge on any atom is 0.303 e. The highest BCUT2D eigenvalue weighted by molar-refractivity contribution is 5.93. The van der Waals surface area contributed by atoms with Crippen molar-refractivity contribution in [2.45, 2.75) is 25.7 Å². The topological polar surface area (TPSA) is 75.4 Å². The van der Waals surface area contributed by atoms with Crippen LogP contribution in [0.3, 0.4) is 0 Å². The first-order chi connectivity index (χ1) is 9.06. The molecule has 6 nitrogen and oxygen atoms in total. The van der Waals surface area contributed by atoms with E-state index < -0.39 is 5.97 Å². The van der Waals surface area contributed by atoms with Crippen LogP contribution in [0.15, 0.2) is 12.4 Å². The number of nitrogens with zero attached hydrogens (tertiary/aromatic N) is 3. The first-order valence-corrected chi connectivity index (χ1v) is 6.56. The number of rotatable bonds is 4. The molecule has 0 bridgehead atoms. The maximum atomic E-state index is 12.3. The van der Waals surface area contributed by atoms with Crippen molar-refractivity contribution >= 4 is 11.9 Å². The number of hydrogen-bond donors (Lipinski definition) is 1. The van der Waals surface area contributed by atoms with Crippen LogP contribution in [0, 0.1) is 5.92 Å². The van der Waals surface area contributed by atoms with Crippen LogP contribution in [0.4, 0.5) is 0 Å². The lowest BCUT2D eigenvalue weighted by Gasteiger charge is -2.32. The van der Waals surface area contributed by atoms with Crippen molar-refractivity contribution in [1.82, 2.24) is 14.7 Å². The zero-order chi connectivity index (χ0) is 13.8. The van der Waals surface area contributed by atoms with Crippen molar-refractivity contribution in [1.29, 1.82) is 0 Å². The third kappa shape index (κ3) is 3.56. The number of carboxylic acids is 1. The zero-order valence-corrected chi connectivity index (χ0v) is 11.1. The number of carboxylic acid groups (broad SMARTS) is 1. The fourth-order valence-electron chi connectivity index (χ4n) is 2.53. The predicted octanol–water partition coefficient (Wildman–Crippen LogP) is 1.14. The molecule has 2 rings (SSSR count). The van der Waals surface area contributed by atoms with E-state index in [-0.39, 0.29) is 12.3 Å². The molecule has 0 unspecified atom stereocenters. The number of hydrogen-bond acceptors (Lipinski definition) is 3. The van der Waals surface area contributed by atoms with E-state index >= 15 is 0 Å². The molecule has 104 valence electrons. The second-order valence-corrected chi connectivity index (χ2v) is 5.09. The monoisotopic (exact) mass is 265 g/mol.